The normalized spacial score (nSPS) is 41.4. The van der Waals surface area contributed by atoms with Gasteiger partial charge in [0.05, 0.1) is 43.9 Å². The van der Waals surface area contributed by atoms with Crippen molar-refractivity contribution in [2.24, 2.45) is 11.8 Å². The molecule has 4 aliphatic heterocycles. The smallest absolute Gasteiger partial charge is 0.237 e. The molecule has 2 aliphatic carbocycles. The van der Waals surface area contributed by atoms with Gasteiger partial charge in [-0.1, -0.05) is 12.8 Å². The van der Waals surface area contributed by atoms with Gasteiger partial charge in [0.25, 0.3) is 0 Å². The Morgan fingerprint density at radius 1 is 1.02 bits per heavy atom. The number of carbonyl (C=O) groups is 1. The maximum absolute atomic E-state index is 13.4. The lowest BCUT2D eigenvalue weighted by atomic mass is 9.72. The Kier molecular flexibility index (Phi) is 10.5. The number of piperidine rings is 2. The molecule has 2 saturated carbocycles. The van der Waals surface area contributed by atoms with E-state index < -0.39 is 6.10 Å². The maximum Gasteiger partial charge on any atom is 0.237 e. The van der Waals surface area contributed by atoms with Crippen LogP contribution in [0.15, 0.2) is 0 Å². The number of nitrogens with zero attached hydrogens (tertiary/aromatic N) is 1. The van der Waals surface area contributed by atoms with E-state index in [0.717, 1.165) is 45.3 Å². The Morgan fingerprint density at radius 3 is 2.63 bits per heavy atom. The molecule has 7 N–H and O–H groups in total. The summed E-state index contributed by atoms with van der Waals surface area (Å²) in [6, 6.07) is 0.643. The highest BCUT2D eigenvalue weighted by Gasteiger charge is 2.40. The van der Waals surface area contributed by atoms with E-state index in [0.29, 0.717) is 49.8 Å². The van der Waals surface area contributed by atoms with Crippen molar-refractivity contribution >= 4 is 5.91 Å². The lowest BCUT2D eigenvalue weighted by Gasteiger charge is -2.45. The molecular formula is C30H55N7O4. The molecule has 6 rings (SSSR count). The third kappa shape index (κ3) is 7.80. The van der Waals surface area contributed by atoms with Crippen molar-refractivity contribution in [3.8, 4) is 0 Å². The lowest BCUT2D eigenvalue weighted by Crippen LogP contribution is -2.71. The molecule has 11 nitrogen and oxygen atoms in total. The summed E-state index contributed by atoms with van der Waals surface area (Å²) in [5.41, 5.74) is 0. The van der Waals surface area contributed by atoms with Crippen LogP contribution in [0.4, 0.5) is 0 Å². The summed E-state index contributed by atoms with van der Waals surface area (Å²) in [5.74, 6) is 1.18. The number of aliphatic hydroxyl groups excluding tert-OH is 1. The van der Waals surface area contributed by atoms with Crippen LogP contribution in [-0.4, -0.2) is 110 Å². The van der Waals surface area contributed by atoms with Crippen molar-refractivity contribution in [3.05, 3.63) is 0 Å². The standard InChI is InChI=1S/C30H55N7O4/c1-19-27(41-18-33-19)17-40-23-9-8-20-13-24(31-15-21(20)12-23)26(38)16-32-29(39)25-14-28(34-22-6-5-7-22)36-30(35-25)37-10-3-2-4-11-37/h19-28,30-31,33-36,38H,2-18H2,1H3,(H,32,39)/t19?,20?,21?,23?,24-,25?,26+,27?,28?,30?/m0/s1. The molecular weight excluding hydrogens is 522 g/mol. The highest BCUT2D eigenvalue weighted by Crippen LogP contribution is 2.37. The molecule has 0 radical (unpaired) electrons. The molecule has 0 spiro atoms. The van der Waals surface area contributed by atoms with Gasteiger partial charge in [-0.3, -0.25) is 31.0 Å². The van der Waals surface area contributed by atoms with Gasteiger partial charge in [-0.25, -0.2) is 0 Å². The van der Waals surface area contributed by atoms with Crippen LogP contribution in [0.1, 0.15) is 77.6 Å². The average molecular weight is 578 g/mol. The second-order valence-electron chi connectivity index (χ2n) is 13.7. The number of likely N-dealkylation sites (tertiary alicyclic amines) is 1. The summed E-state index contributed by atoms with van der Waals surface area (Å²) in [6.07, 6.45) is 12.4. The van der Waals surface area contributed by atoms with Crippen LogP contribution < -0.4 is 31.9 Å². The summed E-state index contributed by atoms with van der Waals surface area (Å²) in [7, 11) is 0. The molecule has 4 heterocycles. The number of hydrogen-bond acceptors (Lipinski definition) is 10. The Morgan fingerprint density at radius 2 is 1.88 bits per heavy atom. The van der Waals surface area contributed by atoms with Crippen LogP contribution in [0, 0.1) is 11.8 Å². The highest BCUT2D eigenvalue weighted by molar-refractivity contribution is 5.82. The van der Waals surface area contributed by atoms with E-state index in [1.165, 1.54) is 38.5 Å². The van der Waals surface area contributed by atoms with Crippen molar-refractivity contribution < 1.29 is 19.4 Å². The number of carbonyl (C=O) groups excluding carboxylic acids is 1. The molecule has 4 saturated heterocycles. The van der Waals surface area contributed by atoms with Gasteiger partial charge in [-0.15, -0.1) is 0 Å². The van der Waals surface area contributed by atoms with Gasteiger partial charge >= 0.3 is 0 Å². The molecule has 234 valence electrons. The first kappa shape index (κ1) is 30.1. The zero-order valence-corrected chi connectivity index (χ0v) is 25.0. The number of hydrogen-bond donors (Lipinski definition) is 7. The van der Waals surface area contributed by atoms with Gasteiger partial charge in [-0.05, 0) is 76.7 Å². The monoisotopic (exact) mass is 577 g/mol. The van der Waals surface area contributed by atoms with Gasteiger partial charge in [0.1, 0.15) is 6.29 Å². The van der Waals surface area contributed by atoms with E-state index in [9.17, 15) is 9.90 Å². The number of nitrogens with one attached hydrogen (secondary N) is 6. The third-order valence-corrected chi connectivity index (χ3v) is 10.8. The molecule has 41 heavy (non-hydrogen) atoms. The molecule has 0 bridgehead atoms. The van der Waals surface area contributed by atoms with E-state index in [1.807, 2.05) is 0 Å². The fourth-order valence-corrected chi connectivity index (χ4v) is 7.80. The minimum atomic E-state index is -0.592. The Labute approximate surface area is 246 Å². The van der Waals surface area contributed by atoms with Crippen molar-refractivity contribution in [1.82, 2.24) is 36.8 Å². The molecule has 11 heteroatoms. The van der Waals surface area contributed by atoms with E-state index in [-0.39, 0.29) is 43.1 Å². The van der Waals surface area contributed by atoms with Gasteiger partial charge in [-0.2, -0.15) is 0 Å². The highest BCUT2D eigenvalue weighted by atomic mass is 16.5. The van der Waals surface area contributed by atoms with Crippen molar-refractivity contribution in [2.75, 3.05) is 39.5 Å². The van der Waals surface area contributed by atoms with E-state index in [1.54, 1.807) is 0 Å². The fourth-order valence-electron chi connectivity index (χ4n) is 7.80. The Balaban J connectivity index is 0.942. The minimum Gasteiger partial charge on any atom is -0.390 e. The SMILES string of the molecule is CC1NCOC1COC1CCC2C[C@@H]([C@H](O)CNC(=O)C3CC(NC4CCC4)NC(N4CCCCC4)N3)NCC2C1. The third-order valence-electron chi connectivity index (χ3n) is 10.8. The first-order chi connectivity index (χ1) is 20.0. The maximum atomic E-state index is 13.4. The van der Waals surface area contributed by atoms with Gasteiger partial charge in [0, 0.05) is 44.2 Å². The molecule has 6 fully saturated rings. The first-order valence-corrected chi connectivity index (χ1v) is 16.7. The van der Waals surface area contributed by atoms with Crippen LogP contribution in [0.25, 0.3) is 0 Å². The summed E-state index contributed by atoms with van der Waals surface area (Å²) in [5, 5.41) is 32.1. The first-order valence-electron chi connectivity index (χ1n) is 16.7. The quantitative estimate of drug-likeness (QED) is 0.193. The number of amides is 1. The number of rotatable bonds is 10. The van der Waals surface area contributed by atoms with E-state index in [4.69, 9.17) is 9.47 Å². The summed E-state index contributed by atoms with van der Waals surface area (Å²) in [6.45, 7) is 6.73. The number of fused-ring (bicyclic) bond motifs is 1. The lowest BCUT2D eigenvalue weighted by molar-refractivity contribution is -0.126. The Bertz CT molecular complexity index is 844. The summed E-state index contributed by atoms with van der Waals surface area (Å²) < 4.78 is 12.0. The molecule has 0 aromatic carbocycles. The van der Waals surface area contributed by atoms with Gasteiger partial charge in [0.15, 0.2) is 0 Å². The molecule has 6 aliphatic rings. The average Bonchev–Trinajstić information content (AvgIpc) is 3.40. The van der Waals surface area contributed by atoms with Crippen LogP contribution in [0.5, 0.6) is 0 Å². The summed E-state index contributed by atoms with van der Waals surface area (Å²) >= 11 is 0. The van der Waals surface area contributed by atoms with E-state index >= 15 is 0 Å². The van der Waals surface area contributed by atoms with Crippen LogP contribution in [-0.2, 0) is 14.3 Å². The number of aliphatic hydroxyl groups is 1. The second-order valence-corrected chi connectivity index (χ2v) is 13.7. The van der Waals surface area contributed by atoms with E-state index in [2.05, 4.69) is 43.7 Å². The fraction of sp³-hybridized carbons (Fsp3) is 0.967. The van der Waals surface area contributed by atoms with Gasteiger partial charge in [0.2, 0.25) is 5.91 Å². The largest absolute Gasteiger partial charge is 0.390 e. The molecule has 0 aromatic heterocycles. The molecule has 8 unspecified atom stereocenters. The van der Waals surface area contributed by atoms with Gasteiger partial charge < -0.3 is 25.2 Å². The topological polar surface area (TPSA) is 131 Å². The molecule has 1 amide bonds. The van der Waals surface area contributed by atoms with Crippen molar-refractivity contribution in [3.63, 3.8) is 0 Å². The Hall–Kier alpha value is -0.890. The minimum absolute atomic E-state index is 0.00380. The van der Waals surface area contributed by atoms with Crippen LogP contribution >= 0.6 is 0 Å². The number of ether oxygens (including phenoxy) is 2. The molecule has 10 atom stereocenters. The van der Waals surface area contributed by atoms with Crippen LogP contribution in [0.3, 0.4) is 0 Å². The van der Waals surface area contributed by atoms with Crippen molar-refractivity contribution in [1.29, 1.82) is 0 Å². The second kappa shape index (κ2) is 14.3. The zero-order valence-electron chi connectivity index (χ0n) is 25.0. The summed E-state index contributed by atoms with van der Waals surface area (Å²) in [4.78, 5) is 15.8. The van der Waals surface area contributed by atoms with Crippen LogP contribution in [0.2, 0.25) is 0 Å². The molecule has 0 aromatic rings. The van der Waals surface area contributed by atoms with Crippen molar-refractivity contribution in [2.45, 2.75) is 132 Å². The predicted octanol–water partition coefficient (Wildman–Crippen LogP) is 0.151. The zero-order chi connectivity index (χ0) is 28.2. The predicted molar refractivity (Wildman–Crippen MR) is 157 cm³/mol.